The first-order chi connectivity index (χ1) is 5.56. The van der Waals surface area contributed by atoms with Gasteiger partial charge in [0.05, 0.1) is 0 Å². The van der Waals surface area contributed by atoms with Crippen molar-refractivity contribution in [3.63, 3.8) is 0 Å². The number of carbonyl (C=O) groups excluding carboxylic acids is 2. The van der Waals surface area contributed by atoms with Crippen LogP contribution in [0.1, 0.15) is 20.3 Å². The summed E-state index contributed by atoms with van der Waals surface area (Å²) in [5.74, 6) is -1.65. The largest absolute Gasteiger partial charge is 0.511 e. The maximum Gasteiger partial charge on any atom is 0.511 e. The summed E-state index contributed by atoms with van der Waals surface area (Å²) in [5, 5.41) is 0. The molecule has 1 heterocycles. The predicted octanol–water partition coefficient (Wildman–Crippen LogP) is 0.823. The van der Waals surface area contributed by atoms with Crippen molar-refractivity contribution in [1.82, 2.24) is 0 Å². The van der Waals surface area contributed by atoms with Crippen LogP contribution >= 0.6 is 0 Å². The van der Waals surface area contributed by atoms with E-state index in [1.165, 1.54) is 6.92 Å². The van der Waals surface area contributed by atoms with Gasteiger partial charge in [0.2, 0.25) is 0 Å². The van der Waals surface area contributed by atoms with Gasteiger partial charge in [-0.25, -0.2) is 4.79 Å². The zero-order valence-corrected chi connectivity index (χ0v) is 6.96. The van der Waals surface area contributed by atoms with Crippen molar-refractivity contribution < 1.29 is 23.8 Å². The number of cyclic esters (lactones) is 2. The van der Waals surface area contributed by atoms with Crippen molar-refractivity contribution in [2.75, 3.05) is 6.61 Å². The molecule has 12 heavy (non-hydrogen) atoms. The standard InChI is InChI=1S/C7H10O5/c1-3-5(8)11-7(2)4-10-6(9)12-7/h3-4H2,1-2H3. The molecule has 0 aliphatic carbocycles. The lowest BCUT2D eigenvalue weighted by atomic mass is 10.3. The van der Waals surface area contributed by atoms with Crippen LogP contribution in [0.5, 0.6) is 0 Å². The lowest BCUT2D eigenvalue weighted by Gasteiger charge is -2.18. The third-order valence-corrected chi connectivity index (χ3v) is 1.37. The smallest absolute Gasteiger partial charge is 0.426 e. The minimum Gasteiger partial charge on any atom is -0.426 e. The maximum atomic E-state index is 10.8. The second kappa shape index (κ2) is 3.00. The molecule has 1 aliphatic heterocycles. The van der Waals surface area contributed by atoms with E-state index in [9.17, 15) is 9.59 Å². The van der Waals surface area contributed by atoms with Gasteiger partial charge >= 0.3 is 12.1 Å². The average molecular weight is 174 g/mol. The van der Waals surface area contributed by atoms with Crippen LogP contribution in [0.2, 0.25) is 0 Å². The Morgan fingerprint density at radius 3 is 2.83 bits per heavy atom. The number of esters is 1. The van der Waals surface area contributed by atoms with Crippen LogP contribution in [0.15, 0.2) is 0 Å². The molecule has 0 aromatic carbocycles. The Hall–Kier alpha value is -1.26. The number of rotatable bonds is 2. The number of hydrogen-bond acceptors (Lipinski definition) is 5. The first-order valence-electron chi connectivity index (χ1n) is 3.63. The molecule has 0 saturated carbocycles. The Labute approximate surface area is 69.6 Å². The summed E-state index contributed by atoms with van der Waals surface area (Å²) in [6.45, 7) is 3.09. The molecule has 0 radical (unpaired) electrons. The van der Waals surface area contributed by atoms with E-state index in [4.69, 9.17) is 4.74 Å². The van der Waals surface area contributed by atoms with Gasteiger partial charge in [-0.1, -0.05) is 6.92 Å². The van der Waals surface area contributed by atoms with Crippen molar-refractivity contribution in [1.29, 1.82) is 0 Å². The van der Waals surface area contributed by atoms with Crippen molar-refractivity contribution in [2.45, 2.75) is 26.1 Å². The van der Waals surface area contributed by atoms with Gasteiger partial charge in [-0.15, -0.1) is 0 Å². The second-order valence-electron chi connectivity index (χ2n) is 2.60. The molecule has 0 N–H and O–H groups in total. The molecule has 0 aromatic rings. The fraction of sp³-hybridized carbons (Fsp3) is 0.714. The van der Waals surface area contributed by atoms with Gasteiger partial charge < -0.3 is 14.2 Å². The number of hydrogen-bond donors (Lipinski definition) is 0. The summed E-state index contributed by atoms with van der Waals surface area (Å²) < 4.78 is 13.9. The fourth-order valence-electron chi connectivity index (χ4n) is 0.788. The fourth-order valence-corrected chi connectivity index (χ4v) is 0.788. The molecule has 5 nitrogen and oxygen atoms in total. The summed E-state index contributed by atoms with van der Waals surface area (Å²) in [7, 11) is 0. The van der Waals surface area contributed by atoms with Gasteiger partial charge in [-0.3, -0.25) is 4.79 Å². The van der Waals surface area contributed by atoms with E-state index in [0.717, 1.165) is 0 Å². The summed E-state index contributed by atoms with van der Waals surface area (Å²) in [5.41, 5.74) is 0. The summed E-state index contributed by atoms with van der Waals surface area (Å²) in [6.07, 6.45) is -0.561. The van der Waals surface area contributed by atoms with Crippen LogP contribution in [0.4, 0.5) is 4.79 Å². The lowest BCUT2D eigenvalue weighted by molar-refractivity contribution is -0.189. The van der Waals surface area contributed by atoms with Gasteiger partial charge in [-0.05, 0) is 0 Å². The minimum atomic E-state index is -1.23. The zero-order valence-electron chi connectivity index (χ0n) is 6.96. The topological polar surface area (TPSA) is 61.8 Å². The van der Waals surface area contributed by atoms with Crippen molar-refractivity contribution in [3.8, 4) is 0 Å². The molecule has 5 heteroatoms. The molecule has 0 amide bonds. The lowest BCUT2D eigenvalue weighted by Crippen LogP contribution is -2.33. The predicted molar refractivity (Wildman–Crippen MR) is 37.2 cm³/mol. The van der Waals surface area contributed by atoms with E-state index >= 15 is 0 Å². The summed E-state index contributed by atoms with van der Waals surface area (Å²) in [4.78, 5) is 21.3. The molecule has 1 unspecified atom stereocenters. The molecule has 1 aliphatic rings. The molecule has 1 rings (SSSR count). The van der Waals surface area contributed by atoms with E-state index in [1.807, 2.05) is 0 Å². The highest BCUT2D eigenvalue weighted by Gasteiger charge is 2.41. The molecule has 1 saturated heterocycles. The van der Waals surface area contributed by atoms with Crippen LogP contribution in [0.3, 0.4) is 0 Å². The van der Waals surface area contributed by atoms with Crippen LogP contribution in [0.25, 0.3) is 0 Å². The van der Waals surface area contributed by atoms with E-state index in [2.05, 4.69) is 9.47 Å². The van der Waals surface area contributed by atoms with Crippen LogP contribution in [-0.2, 0) is 19.0 Å². The highest BCUT2D eigenvalue weighted by Crippen LogP contribution is 2.21. The van der Waals surface area contributed by atoms with Gasteiger partial charge in [-0.2, -0.15) is 0 Å². The Balaban J connectivity index is 2.50. The molecule has 0 spiro atoms. The number of carbonyl (C=O) groups is 2. The Bertz CT molecular complexity index is 212. The molecular formula is C7H10O5. The Morgan fingerprint density at radius 2 is 2.42 bits per heavy atom. The van der Waals surface area contributed by atoms with Crippen molar-refractivity contribution >= 4 is 12.1 Å². The van der Waals surface area contributed by atoms with Crippen LogP contribution in [-0.4, -0.2) is 24.5 Å². The molecule has 68 valence electrons. The monoisotopic (exact) mass is 174 g/mol. The highest BCUT2D eigenvalue weighted by molar-refractivity contribution is 5.70. The SMILES string of the molecule is CCC(=O)OC1(C)COC(=O)O1. The van der Waals surface area contributed by atoms with E-state index < -0.39 is 17.9 Å². The van der Waals surface area contributed by atoms with Gasteiger partial charge in [0.25, 0.3) is 5.79 Å². The molecule has 1 fully saturated rings. The molecule has 0 aromatic heterocycles. The molecule has 1 atom stereocenters. The van der Waals surface area contributed by atoms with E-state index in [1.54, 1.807) is 6.92 Å². The van der Waals surface area contributed by atoms with E-state index in [-0.39, 0.29) is 13.0 Å². The maximum absolute atomic E-state index is 10.8. The van der Waals surface area contributed by atoms with Gasteiger partial charge in [0.1, 0.15) is 0 Å². The quantitative estimate of drug-likeness (QED) is 0.580. The van der Waals surface area contributed by atoms with Crippen molar-refractivity contribution in [2.24, 2.45) is 0 Å². The van der Waals surface area contributed by atoms with Crippen LogP contribution < -0.4 is 0 Å². The first-order valence-corrected chi connectivity index (χ1v) is 3.63. The zero-order chi connectivity index (χ0) is 9.19. The Morgan fingerprint density at radius 1 is 1.75 bits per heavy atom. The first kappa shape index (κ1) is 8.83. The minimum absolute atomic E-state index is 0.0441. The van der Waals surface area contributed by atoms with Gasteiger partial charge in [0.15, 0.2) is 6.61 Å². The highest BCUT2D eigenvalue weighted by atomic mass is 16.9. The summed E-state index contributed by atoms with van der Waals surface area (Å²) in [6, 6.07) is 0. The van der Waals surface area contributed by atoms with Crippen LogP contribution in [0, 0.1) is 0 Å². The summed E-state index contributed by atoms with van der Waals surface area (Å²) >= 11 is 0. The third-order valence-electron chi connectivity index (χ3n) is 1.37. The Kier molecular flexibility index (Phi) is 2.21. The average Bonchev–Trinajstić information content (AvgIpc) is 2.30. The van der Waals surface area contributed by atoms with Crippen molar-refractivity contribution in [3.05, 3.63) is 0 Å². The second-order valence-corrected chi connectivity index (χ2v) is 2.60. The third kappa shape index (κ3) is 1.87. The normalized spacial score (nSPS) is 27.7. The van der Waals surface area contributed by atoms with E-state index in [0.29, 0.717) is 0 Å². The molecular weight excluding hydrogens is 164 g/mol. The molecule has 0 bridgehead atoms. The van der Waals surface area contributed by atoms with Gasteiger partial charge in [0, 0.05) is 13.3 Å². The number of ether oxygens (including phenoxy) is 3.